The lowest BCUT2D eigenvalue weighted by Crippen LogP contribution is -2.30. The van der Waals surface area contributed by atoms with Gasteiger partial charge in [0.1, 0.15) is 11.5 Å². The first-order chi connectivity index (χ1) is 17.8. The van der Waals surface area contributed by atoms with Gasteiger partial charge in [-0.15, -0.1) is 0 Å². The SMILES string of the molecule is O=C(O)/C=C/[C@@H](Oc1ccccc1)[C@H](OC(=O)Nc1cccc2ccccc12)c1cc(Br)cc(Br)c1O. The summed E-state index contributed by atoms with van der Waals surface area (Å²) >= 11 is 6.69. The Morgan fingerprint density at radius 3 is 2.38 bits per heavy atom. The maximum atomic E-state index is 13.2. The number of carbonyl (C=O) groups excluding carboxylic acids is 1. The second kappa shape index (κ2) is 11.9. The predicted octanol–water partition coefficient (Wildman–Crippen LogP) is 7.45. The highest BCUT2D eigenvalue weighted by Gasteiger charge is 2.31. The Morgan fingerprint density at radius 2 is 1.62 bits per heavy atom. The Labute approximate surface area is 229 Å². The first-order valence-electron chi connectivity index (χ1n) is 11.1. The number of aliphatic carboxylic acids is 1. The molecule has 1 amide bonds. The normalized spacial score (nSPS) is 12.7. The molecular weight excluding hydrogens is 606 g/mol. The number of amides is 1. The fraction of sp³-hybridized carbons (Fsp3) is 0.0714. The molecule has 0 saturated carbocycles. The van der Waals surface area contributed by atoms with Crippen molar-refractivity contribution in [2.45, 2.75) is 12.2 Å². The minimum absolute atomic E-state index is 0.184. The molecule has 0 aromatic heterocycles. The average Bonchev–Trinajstić information content (AvgIpc) is 2.88. The second-order valence-electron chi connectivity index (χ2n) is 7.90. The van der Waals surface area contributed by atoms with Crippen molar-refractivity contribution in [1.82, 2.24) is 0 Å². The number of nitrogens with one attached hydrogen (secondary N) is 1. The largest absolute Gasteiger partial charge is 0.506 e. The summed E-state index contributed by atoms with van der Waals surface area (Å²) in [5, 5.41) is 24.6. The number of carbonyl (C=O) groups is 2. The van der Waals surface area contributed by atoms with Crippen LogP contribution in [0.25, 0.3) is 10.8 Å². The van der Waals surface area contributed by atoms with Gasteiger partial charge in [0.25, 0.3) is 0 Å². The van der Waals surface area contributed by atoms with Crippen LogP contribution in [0.4, 0.5) is 10.5 Å². The maximum Gasteiger partial charge on any atom is 0.412 e. The van der Waals surface area contributed by atoms with Crippen LogP contribution in [-0.2, 0) is 9.53 Å². The Balaban J connectivity index is 1.73. The molecule has 0 radical (unpaired) electrons. The van der Waals surface area contributed by atoms with Crippen molar-refractivity contribution in [2.75, 3.05) is 5.32 Å². The van der Waals surface area contributed by atoms with E-state index in [1.54, 1.807) is 48.5 Å². The quantitative estimate of drug-likeness (QED) is 0.175. The highest BCUT2D eigenvalue weighted by molar-refractivity contribution is 9.11. The van der Waals surface area contributed by atoms with Crippen LogP contribution in [0.5, 0.6) is 11.5 Å². The van der Waals surface area contributed by atoms with E-state index in [9.17, 15) is 19.8 Å². The van der Waals surface area contributed by atoms with Crippen molar-refractivity contribution in [3.63, 3.8) is 0 Å². The number of hydrogen-bond acceptors (Lipinski definition) is 5. The van der Waals surface area contributed by atoms with Crippen LogP contribution in [0, 0.1) is 0 Å². The maximum absolute atomic E-state index is 13.2. The number of benzene rings is 4. The van der Waals surface area contributed by atoms with Gasteiger partial charge in [-0.2, -0.15) is 0 Å². The van der Waals surface area contributed by atoms with Gasteiger partial charge in [-0.25, -0.2) is 9.59 Å². The molecule has 0 unspecified atom stereocenters. The van der Waals surface area contributed by atoms with Crippen molar-refractivity contribution in [1.29, 1.82) is 0 Å². The first-order valence-corrected chi connectivity index (χ1v) is 12.7. The van der Waals surface area contributed by atoms with Crippen molar-refractivity contribution < 1.29 is 29.3 Å². The fourth-order valence-electron chi connectivity index (χ4n) is 3.73. The Bertz CT molecular complexity index is 1450. The molecule has 0 aliphatic rings. The van der Waals surface area contributed by atoms with E-state index in [1.165, 1.54) is 6.08 Å². The van der Waals surface area contributed by atoms with Crippen LogP contribution in [0.15, 0.2) is 106 Å². The number of carboxylic acid groups (broad SMARTS) is 1. The van der Waals surface area contributed by atoms with Crippen molar-refractivity contribution >= 4 is 60.4 Å². The van der Waals surface area contributed by atoms with E-state index < -0.39 is 24.3 Å². The summed E-state index contributed by atoms with van der Waals surface area (Å²) < 4.78 is 12.8. The molecule has 9 heteroatoms. The van der Waals surface area contributed by atoms with Crippen LogP contribution in [0.2, 0.25) is 0 Å². The van der Waals surface area contributed by atoms with E-state index in [0.29, 0.717) is 20.4 Å². The van der Waals surface area contributed by atoms with E-state index in [0.717, 1.165) is 16.8 Å². The standard InChI is InChI=1S/C28H21Br2NO6/c29-18-15-21(26(34)22(30)16-18)27(24(13-14-25(32)33)36-19-9-2-1-3-10-19)37-28(35)31-23-12-6-8-17-7-4-5-11-20(17)23/h1-16,24,27,34H,(H,31,35)(H,32,33)/b14-13+/t24-,27-/m1/s1. The van der Waals surface area contributed by atoms with Crippen molar-refractivity contribution in [3.05, 3.63) is 112 Å². The summed E-state index contributed by atoms with van der Waals surface area (Å²) in [4.78, 5) is 24.5. The number of aromatic hydroxyl groups is 1. The Kier molecular flexibility index (Phi) is 8.47. The van der Waals surface area contributed by atoms with Crippen LogP contribution in [0.1, 0.15) is 11.7 Å². The van der Waals surface area contributed by atoms with Crippen LogP contribution in [-0.4, -0.2) is 28.4 Å². The minimum Gasteiger partial charge on any atom is -0.506 e. The third kappa shape index (κ3) is 6.69. The van der Waals surface area contributed by atoms with E-state index in [2.05, 4.69) is 37.2 Å². The lowest BCUT2D eigenvalue weighted by Gasteiger charge is -2.27. The number of halogens is 2. The molecule has 0 aliphatic heterocycles. The van der Waals surface area contributed by atoms with Gasteiger partial charge in [-0.3, -0.25) is 5.32 Å². The average molecular weight is 627 g/mol. The van der Waals surface area contributed by atoms with Gasteiger partial charge < -0.3 is 19.7 Å². The van der Waals surface area contributed by atoms with E-state index >= 15 is 0 Å². The smallest absolute Gasteiger partial charge is 0.412 e. The van der Waals surface area contributed by atoms with Crippen molar-refractivity contribution in [3.8, 4) is 11.5 Å². The number of phenolic OH excluding ortho intramolecular Hbond substituents is 1. The Hall–Kier alpha value is -3.82. The minimum atomic E-state index is -1.24. The summed E-state index contributed by atoms with van der Waals surface area (Å²) in [7, 11) is 0. The van der Waals surface area contributed by atoms with Gasteiger partial charge in [0.2, 0.25) is 0 Å². The number of carboxylic acids is 1. The van der Waals surface area contributed by atoms with Crippen LogP contribution in [0.3, 0.4) is 0 Å². The molecular formula is C28H21Br2NO6. The number of hydrogen-bond donors (Lipinski definition) is 3. The lowest BCUT2D eigenvalue weighted by molar-refractivity contribution is -0.131. The number of para-hydroxylation sites is 1. The third-order valence-corrected chi connectivity index (χ3v) is 6.43. The molecule has 3 N–H and O–H groups in total. The number of fused-ring (bicyclic) bond motifs is 1. The van der Waals surface area contributed by atoms with Gasteiger partial charge in [0.15, 0.2) is 12.2 Å². The van der Waals surface area contributed by atoms with E-state index in [1.807, 2.05) is 36.4 Å². The molecule has 0 heterocycles. The molecule has 2 atom stereocenters. The van der Waals surface area contributed by atoms with Crippen LogP contribution >= 0.6 is 31.9 Å². The fourth-order valence-corrected chi connectivity index (χ4v) is 4.99. The lowest BCUT2D eigenvalue weighted by atomic mass is 10.0. The molecule has 4 aromatic carbocycles. The second-order valence-corrected chi connectivity index (χ2v) is 9.67. The van der Waals surface area contributed by atoms with Gasteiger partial charge in [-0.05, 0) is 57.7 Å². The van der Waals surface area contributed by atoms with E-state index in [-0.39, 0.29) is 11.3 Å². The molecule has 4 aromatic rings. The monoisotopic (exact) mass is 625 g/mol. The highest BCUT2D eigenvalue weighted by atomic mass is 79.9. The zero-order valence-electron chi connectivity index (χ0n) is 19.2. The van der Waals surface area contributed by atoms with Gasteiger partial charge >= 0.3 is 12.1 Å². The molecule has 0 fully saturated rings. The number of rotatable bonds is 8. The molecule has 7 nitrogen and oxygen atoms in total. The zero-order chi connectivity index (χ0) is 26.4. The molecule has 4 rings (SSSR count). The summed E-state index contributed by atoms with van der Waals surface area (Å²) in [5.74, 6) is -0.976. The third-order valence-electron chi connectivity index (χ3n) is 5.37. The summed E-state index contributed by atoms with van der Waals surface area (Å²) in [6, 6.07) is 24.9. The predicted molar refractivity (Wildman–Crippen MR) is 148 cm³/mol. The molecule has 0 spiro atoms. The zero-order valence-corrected chi connectivity index (χ0v) is 22.3. The van der Waals surface area contributed by atoms with Gasteiger partial charge in [0.05, 0.1) is 10.2 Å². The number of anilines is 1. The van der Waals surface area contributed by atoms with Gasteiger partial charge in [0, 0.05) is 21.5 Å². The molecule has 188 valence electrons. The Morgan fingerprint density at radius 1 is 0.919 bits per heavy atom. The molecule has 0 saturated heterocycles. The van der Waals surface area contributed by atoms with Gasteiger partial charge in [-0.1, -0.05) is 70.5 Å². The summed E-state index contributed by atoms with van der Waals surface area (Å²) in [6.45, 7) is 0. The van der Waals surface area contributed by atoms with Crippen LogP contribution < -0.4 is 10.1 Å². The summed E-state index contributed by atoms with van der Waals surface area (Å²) in [6.07, 6.45) is -0.999. The van der Waals surface area contributed by atoms with Crippen molar-refractivity contribution in [2.24, 2.45) is 0 Å². The number of phenols is 1. The molecule has 0 bridgehead atoms. The first kappa shape index (κ1) is 26.2. The van der Waals surface area contributed by atoms with E-state index in [4.69, 9.17) is 9.47 Å². The summed E-state index contributed by atoms with van der Waals surface area (Å²) in [5.41, 5.74) is 0.730. The molecule has 0 aliphatic carbocycles. The number of ether oxygens (including phenoxy) is 2. The highest BCUT2D eigenvalue weighted by Crippen LogP contribution is 2.39. The molecule has 37 heavy (non-hydrogen) atoms. The topological polar surface area (TPSA) is 105 Å².